The Labute approximate surface area is 129 Å². The van der Waals surface area contributed by atoms with Gasteiger partial charge < -0.3 is 25.4 Å². The third-order valence-corrected chi connectivity index (χ3v) is 4.72. The minimum atomic E-state index is -0.394. The lowest BCUT2D eigenvalue weighted by molar-refractivity contribution is 0.0533. The molecule has 0 saturated carbocycles. The Morgan fingerprint density at radius 2 is 2.14 bits per heavy atom. The van der Waals surface area contributed by atoms with E-state index in [-0.39, 0.29) is 0 Å². The number of esters is 1. The van der Waals surface area contributed by atoms with Crippen LogP contribution < -0.4 is 15.8 Å². The van der Waals surface area contributed by atoms with E-state index in [1.807, 2.05) is 0 Å². The first-order chi connectivity index (χ1) is 10.1. The molecular weight excluding hydrogens is 290 g/mol. The lowest BCUT2D eigenvalue weighted by Crippen LogP contribution is -2.36. The molecule has 0 atom stereocenters. The topological polar surface area (TPSA) is 76.8 Å². The van der Waals surface area contributed by atoms with Crippen molar-refractivity contribution in [2.45, 2.75) is 25.8 Å². The number of methoxy groups -OCH3 is 1. The molecule has 1 saturated heterocycles. The van der Waals surface area contributed by atoms with Crippen LogP contribution in [0.25, 0.3) is 0 Å². The third kappa shape index (κ3) is 3.59. The molecule has 0 unspecified atom stereocenters. The normalized spacial score (nSPS) is 16.7. The van der Waals surface area contributed by atoms with E-state index >= 15 is 0 Å². The Bertz CT molecular complexity index is 496. The smallest absolute Gasteiger partial charge is 0.350 e. The van der Waals surface area contributed by atoms with Crippen LogP contribution in [0.5, 0.6) is 5.75 Å². The van der Waals surface area contributed by atoms with Crippen LogP contribution in [0, 0.1) is 0 Å². The highest BCUT2D eigenvalue weighted by Gasteiger charge is 2.25. The highest BCUT2D eigenvalue weighted by atomic mass is 32.1. The van der Waals surface area contributed by atoms with Crippen molar-refractivity contribution >= 4 is 28.0 Å². The summed E-state index contributed by atoms with van der Waals surface area (Å²) in [5.74, 6) is 0.150. The Balaban J connectivity index is 2.15. The number of hydrogen-bond donors (Lipinski definition) is 2. The average Bonchev–Trinajstić information content (AvgIpc) is 2.78. The minimum Gasteiger partial charge on any atom is -0.492 e. The van der Waals surface area contributed by atoms with Crippen molar-refractivity contribution in [1.82, 2.24) is 4.90 Å². The molecule has 118 valence electrons. The summed E-state index contributed by atoms with van der Waals surface area (Å²) in [4.78, 5) is 14.6. The Morgan fingerprint density at radius 1 is 1.48 bits per heavy atom. The molecule has 0 spiro atoms. The fraction of sp³-hybridized carbons (Fsp3) is 0.643. The minimum absolute atomic E-state index is 0.330. The highest BCUT2D eigenvalue weighted by Crippen LogP contribution is 2.43. The summed E-state index contributed by atoms with van der Waals surface area (Å²) in [6, 6.07) is 0.378. The van der Waals surface area contributed by atoms with Gasteiger partial charge in [0.25, 0.3) is 0 Å². The molecule has 0 aromatic carbocycles. The maximum atomic E-state index is 11.9. The number of nitrogen functional groups attached to an aromatic ring is 1. The quantitative estimate of drug-likeness (QED) is 0.810. The molecule has 6 nitrogen and oxygen atoms in total. The van der Waals surface area contributed by atoms with Crippen molar-refractivity contribution in [2.24, 2.45) is 0 Å². The van der Waals surface area contributed by atoms with Crippen LogP contribution >= 0.6 is 11.3 Å². The number of nitrogens with one attached hydrogen (secondary N) is 1. The van der Waals surface area contributed by atoms with Gasteiger partial charge >= 0.3 is 5.97 Å². The lowest BCUT2D eigenvalue weighted by atomic mass is 10.1. The Kier molecular flexibility index (Phi) is 5.30. The van der Waals surface area contributed by atoms with Gasteiger partial charge in [-0.3, -0.25) is 0 Å². The van der Waals surface area contributed by atoms with Crippen LogP contribution in [-0.4, -0.2) is 50.8 Å². The highest BCUT2D eigenvalue weighted by molar-refractivity contribution is 7.19. The van der Waals surface area contributed by atoms with Gasteiger partial charge in [-0.25, -0.2) is 4.79 Å². The summed E-state index contributed by atoms with van der Waals surface area (Å²) in [5.41, 5.74) is 6.37. The van der Waals surface area contributed by atoms with Crippen molar-refractivity contribution in [3.8, 4) is 5.75 Å². The maximum absolute atomic E-state index is 11.9. The first kappa shape index (κ1) is 15.9. The predicted octanol–water partition coefficient (Wildman–Crippen LogP) is 2.02. The van der Waals surface area contributed by atoms with Crippen molar-refractivity contribution in [1.29, 1.82) is 0 Å². The molecule has 0 bridgehead atoms. The van der Waals surface area contributed by atoms with Gasteiger partial charge in [-0.15, -0.1) is 11.3 Å². The van der Waals surface area contributed by atoms with Gasteiger partial charge in [0.15, 0.2) is 5.75 Å². The standard InChI is InChI=1S/C14H23N3O3S/c1-4-20-14(18)12-10(15)11(19-3)13(21-12)16-9-5-7-17(2)8-6-9/h9,16H,4-8,15H2,1-3H3. The van der Waals surface area contributed by atoms with Crippen LogP contribution in [0.4, 0.5) is 10.7 Å². The first-order valence-electron chi connectivity index (χ1n) is 7.15. The molecule has 1 aliphatic rings. The molecule has 2 rings (SSSR count). The van der Waals surface area contributed by atoms with Crippen LogP contribution in [0.3, 0.4) is 0 Å². The largest absolute Gasteiger partial charge is 0.492 e. The van der Waals surface area contributed by atoms with Crippen LogP contribution in [0.1, 0.15) is 29.4 Å². The predicted molar refractivity (Wildman–Crippen MR) is 85.4 cm³/mol. The monoisotopic (exact) mass is 313 g/mol. The molecule has 21 heavy (non-hydrogen) atoms. The molecule has 3 N–H and O–H groups in total. The summed E-state index contributed by atoms with van der Waals surface area (Å²) in [6.45, 7) is 4.23. The zero-order chi connectivity index (χ0) is 15.4. The van der Waals surface area contributed by atoms with Crippen molar-refractivity contribution < 1.29 is 14.3 Å². The van der Waals surface area contributed by atoms with E-state index in [2.05, 4.69) is 17.3 Å². The average molecular weight is 313 g/mol. The molecule has 1 aromatic rings. The molecule has 1 aliphatic heterocycles. The lowest BCUT2D eigenvalue weighted by Gasteiger charge is -2.29. The number of ether oxygens (including phenoxy) is 2. The van der Waals surface area contributed by atoms with Gasteiger partial charge in [-0.05, 0) is 39.9 Å². The number of carbonyl (C=O) groups is 1. The molecule has 7 heteroatoms. The van der Waals surface area contributed by atoms with E-state index in [4.69, 9.17) is 15.2 Å². The molecule has 0 aliphatic carbocycles. The fourth-order valence-corrected chi connectivity index (χ4v) is 3.47. The number of thiophene rings is 1. The second-order valence-corrected chi connectivity index (χ2v) is 6.17. The number of nitrogens with zero attached hydrogens (tertiary/aromatic N) is 1. The number of likely N-dealkylation sites (tertiary alicyclic amines) is 1. The summed E-state index contributed by atoms with van der Waals surface area (Å²) in [7, 11) is 3.69. The van der Waals surface area contributed by atoms with E-state index in [1.165, 1.54) is 11.3 Å². The van der Waals surface area contributed by atoms with Gasteiger partial charge in [-0.1, -0.05) is 0 Å². The van der Waals surface area contributed by atoms with Crippen LogP contribution in [0.15, 0.2) is 0 Å². The summed E-state index contributed by atoms with van der Waals surface area (Å²) in [5, 5.41) is 4.27. The number of rotatable bonds is 5. The second-order valence-electron chi connectivity index (χ2n) is 5.15. The zero-order valence-corrected chi connectivity index (χ0v) is 13.6. The molecule has 1 fully saturated rings. The molecule has 0 amide bonds. The van der Waals surface area contributed by atoms with Gasteiger partial charge in [-0.2, -0.15) is 0 Å². The summed E-state index contributed by atoms with van der Waals surface area (Å²) < 4.78 is 10.4. The maximum Gasteiger partial charge on any atom is 0.350 e. The second kappa shape index (κ2) is 7.00. The van der Waals surface area contributed by atoms with Crippen molar-refractivity contribution in [2.75, 3.05) is 44.9 Å². The van der Waals surface area contributed by atoms with E-state index in [9.17, 15) is 4.79 Å². The van der Waals surface area contributed by atoms with Gasteiger partial charge in [0.05, 0.1) is 13.7 Å². The van der Waals surface area contributed by atoms with Crippen LogP contribution in [-0.2, 0) is 4.74 Å². The molecular formula is C14H23N3O3S. The van der Waals surface area contributed by atoms with Gasteiger partial charge in [0.2, 0.25) is 0 Å². The molecule has 0 radical (unpaired) electrons. The van der Waals surface area contributed by atoms with Gasteiger partial charge in [0, 0.05) is 6.04 Å². The van der Waals surface area contributed by atoms with E-state index in [0.29, 0.717) is 29.0 Å². The summed E-state index contributed by atoms with van der Waals surface area (Å²) >= 11 is 1.30. The molecule has 1 aromatic heterocycles. The Hall–Kier alpha value is -1.47. The van der Waals surface area contributed by atoms with E-state index in [0.717, 1.165) is 30.9 Å². The van der Waals surface area contributed by atoms with Gasteiger partial charge in [0.1, 0.15) is 15.6 Å². The van der Waals surface area contributed by atoms with E-state index in [1.54, 1.807) is 14.0 Å². The SMILES string of the molecule is CCOC(=O)c1sc(NC2CCN(C)CC2)c(OC)c1N. The number of hydrogen-bond acceptors (Lipinski definition) is 7. The first-order valence-corrected chi connectivity index (χ1v) is 7.96. The zero-order valence-electron chi connectivity index (χ0n) is 12.8. The fourth-order valence-electron chi connectivity index (χ4n) is 2.41. The Morgan fingerprint density at radius 3 is 2.71 bits per heavy atom. The number of piperidine rings is 1. The van der Waals surface area contributed by atoms with Crippen LogP contribution in [0.2, 0.25) is 0 Å². The summed E-state index contributed by atoms with van der Waals surface area (Å²) in [6.07, 6.45) is 2.12. The number of anilines is 2. The van der Waals surface area contributed by atoms with Crippen molar-refractivity contribution in [3.05, 3.63) is 4.88 Å². The molecule has 2 heterocycles. The van der Waals surface area contributed by atoms with E-state index < -0.39 is 5.97 Å². The van der Waals surface area contributed by atoms with Crippen molar-refractivity contribution in [3.63, 3.8) is 0 Å². The third-order valence-electron chi connectivity index (χ3n) is 3.62. The number of nitrogens with two attached hydrogens (primary N) is 1. The number of carbonyl (C=O) groups excluding carboxylic acids is 1.